The summed E-state index contributed by atoms with van der Waals surface area (Å²) in [6, 6.07) is 11.7. The fourth-order valence-electron chi connectivity index (χ4n) is 3.34. The first kappa shape index (κ1) is 19.9. The van der Waals surface area contributed by atoms with Gasteiger partial charge in [0.15, 0.2) is 5.78 Å². The molecule has 0 spiro atoms. The third-order valence-electron chi connectivity index (χ3n) is 4.88. The number of fused-ring (bicyclic) bond motifs is 1. The third-order valence-corrected chi connectivity index (χ3v) is 4.88. The second kappa shape index (κ2) is 7.78. The van der Waals surface area contributed by atoms with Gasteiger partial charge in [-0.05, 0) is 35.0 Å². The van der Waals surface area contributed by atoms with Crippen molar-refractivity contribution in [3.8, 4) is 0 Å². The van der Waals surface area contributed by atoms with E-state index in [1.54, 1.807) is 0 Å². The van der Waals surface area contributed by atoms with Gasteiger partial charge in [-0.3, -0.25) is 14.9 Å². The number of nitro benzene ring substituents is 1. The Bertz CT molecular complexity index is 1210. The molecule has 0 radical (unpaired) electrons. The van der Waals surface area contributed by atoms with Crippen molar-refractivity contribution in [2.24, 2.45) is 0 Å². The number of hydrogen-bond acceptors (Lipinski definition) is 9. The molecule has 11 nitrogen and oxygen atoms in total. The van der Waals surface area contributed by atoms with Crippen LogP contribution in [0.3, 0.4) is 0 Å². The molecule has 4 rings (SSSR count). The van der Waals surface area contributed by atoms with Crippen LogP contribution in [0.25, 0.3) is 0 Å². The monoisotopic (exact) mass is 420 g/mol. The molecule has 156 valence electrons. The number of nitrogens with one attached hydrogen (secondary N) is 1. The van der Waals surface area contributed by atoms with Gasteiger partial charge in [-0.25, -0.2) is 4.79 Å². The lowest BCUT2D eigenvalue weighted by Gasteiger charge is -2.28. The summed E-state index contributed by atoms with van der Waals surface area (Å²) in [6.07, 6.45) is 0. The van der Waals surface area contributed by atoms with Crippen LogP contribution in [-0.2, 0) is 9.53 Å². The van der Waals surface area contributed by atoms with Gasteiger partial charge < -0.3 is 10.1 Å². The van der Waals surface area contributed by atoms with Crippen LogP contribution in [0.15, 0.2) is 59.8 Å². The Labute approximate surface area is 175 Å². The molecule has 1 aromatic heterocycles. The molecular formula is C20H16N6O5. The number of carbonyl (C=O) groups is 2. The van der Waals surface area contributed by atoms with Gasteiger partial charge in [-0.2, -0.15) is 4.68 Å². The highest BCUT2D eigenvalue weighted by Gasteiger charge is 2.38. The summed E-state index contributed by atoms with van der Waals surface area (Å²) < 4.78 is 6.27. The number of benzene rings is 2. The molecule has 2 heterocycles. The number of methoxy groups -OCH3 is 1. The first-order valence-electron chi connectivity index (χ1n) is 9.13. The summed E-state index contributed by atoms with van der Waals surface area (Å²) in [4.78, 5) is 36.5. The number of ether oxygens (including phenoxy) is 1. The van der Waals surface area contributed by atoms with Gasteiger partial charge in [0.2, 0.25) is 5.95 Å². The van der Waals surface area contributed by atoms with Crippen LogP contribution in [-0.4, -0.2) is 44.0 Å². The number of carbonyl (C=O) groups excluding carboxylic acids is 2. The summed E-state index contributed by atoms with van der Waals surface area (Å²) in [6.45, 7) is 1.92. The zero-order valence-corrected chi connectivity index (χ0v) is 16.5. The van der Waals surface area contributed by atoms with Crippen molar-refractivity contribution < 1.29 is 19.2 Å². The van der Waals surface area contributed by atoms with Crippen molar-refractivity contribution in [1.29, 1.82) is 0 Å². The van der Waals surface area contributed by atoms with Crippen molar-refractivity contribution in [2.45, 2.75) is 13.0 Å². The molecular weight excluding hydrogens is 404 g/mol. The van der Waals surface area contributed by atoms with Crippen LogP contribution in [0, 0.1) is 17.0 Å². The molecule has 11 heteroatoms. The molecule has 0 bridgehead atoms. The number of aryl methyl sites for hydroxylation is 1. The Kier molecular flexibility index (Phi) is 4.99. The maximum Gasteiger partial charge on any atom is 0.355 e. The molecule has 1 aliphatic heterocycles. The molecule has 1 atom stereocenters. The molecule has 0 saturated carbocycles. The van der Waals surface area contributed by atoms with Crippen LogP contribution in [0.5, 0.6) is 0 Å². The molecule has 3 aromatic rings. The number of allylic oxidation sites excluding steroid dienone is 1. The minimum atomic E-state index is -0.816. The van der Waals surface area contributed by atoms with Gasteiger partial charge in [-0.15, -0.1) is 0 Å². The smallest absolute Gasteiger partial charge is 0.355 e. The highest BCUT2D eigenvalue weighted by molar-refractivity contribution is 6.15. The van der Waals surface area contributed by atoms with Gasteiger partial charge >= 0.3 is 5.97 Å². The van der Waals surface area contributed by atoms with Crippen LogP contribution in [0.2, 0.25) is 0 Å². The maximum absolute atomic E-state index is 13.5. The highest BCUT2D eigenvalue weighted by Crippen LogP contribution is 2.36. The van der Waals surface area contributed by atoms with Gasteiger partial charge in [0.1, 0.15) is 11.7 Å². The summed E-state index contributed by atoms with van der Waals surface area (Å²) in [5.41, 5.74) is 1.65. The van der Waals surface area contributed by atoms with Crippen LogP contribution in [0.1, 0.15) is 27.5 Å². The fourth-order valence-corrected chi connectivity index (χ4v) is 3.34. The average molecular weight is 420 g/mol. The Morgan fingerprint density at radius 2 is 1.81 bits per heavy atom. The number of Topliss-reactive ketones (excluding diaryl/α,β-unsaturated/α-hetero) is 1. The van der Waals surface area contributed by atoms with E-state index in [9.17, 15) is 19.7 Å². The number of hydrogen-bond donors (Lipinski definition) is 1. The summed E-state index contributed by atoms with van der Waals surface area (Å²) in [5, 5.41) is 25.2. The van der Waals surface area contributed by atoms with E-state index in [0.717, 1.165) is 5.56 Å². The number of nitrogens with zero attached hydrogens (tertiary/aromatic N) is 5. The van der Waals surface area contributed by atoms with Crippen molar-refractivity contribution in [1.82, 2.24) is 20.2 Å². The average Bonchev–Trinajstić information content (AvgIpc) is 3.26. The number of nitro groups is 1. The zero-order chi connectivity index (χ0) is 22.1. The van der Waals surface area contributed by atoms with E-state index in [0.29, 0.717) is 5.56 Å². The standard InChI is InChI=1S/C20H16N6O5/c1-11-3-5-12(6-4-11)17-15(18(27)13-7-9-14(10-8-13)26(29)30)16(19(28)31-2)21-20-22-23-24-25(17)20/h3-10,17H,1-2H3,(H,21,22,24)/t17-/m1/s1. The topological polar surface area (TPSA) is 142 Å². The summed E-state index contributed by atoms with van der Waals surface area (Å²) in [7, 11) is 1.20. The molecule has 0 unspecified atom stereocenters. The van der Waals surface area contributed by atoms with E-state index >= 15 is 0 Å². The Morgan fingerprint density at radius 3 is 2.42 bits per heavy atom. The quantitative estimate of drug-likeness (QED) is 0.284. The lowest BCUT2D eigenvalue weighted by Crippen LogP contribution is -2.32. The summed E-state index contributed by atoms with van der Waals surface area (Å²) in [5.74, 6) is -1.11. The lowest BCUT2D eigenvalue weighted by molar-refractivity contribution is -0.384. The minimum absolute atomic E-state index is 0.0596. The maximum atomic E-state index is 13.5. The third kappa shape index (κ3) is 3.52. The van der Waals surface area contributed by atoms with Gasteiger partial charge in [0, 0.05) is 17.7 Å². The molecule has 2 aromatic carbocycles. The predicted octanol–water partition coefficient (Wildman–Crippen LogP) is 2.21. The first-order chi connectivity index (χ1) is 14.9. The van der Waals surface area contributed by atoms with Crippen molar-refractivity contribution >= 4 is 23.4 Å². The predicted molar refractivity (Wildman–Crippen MR) is 107 cm³/mol. The molecule has 0 aliphatic carbocycles. The van der Waals surface area contributed by atoms with Crippen LogP contribution in [0.4, 0.5) is 11.6 Å². The van der Waals surface area contributed by atoms with E-state index in [1.807, 2.05) is 31.2 Å². The lowest BCUT2D eigenvalue weighted by atomic mass is 9.89. The number of anilines is 1. The molecule has 1 N–H and O–H groups in total. The Morgan fingerprint density at radius 1 is 1.13 bits per heavy atom. The SMILES string of the molecule is COC(=O)C1=C(C(=O)c2ccc([N+](=O)[O-])cc2)[C@@H](c2ccc(C)cc2)n2nnnc2N1. The second-order valence-corrected chi connectivity index (χ2v) is 6.80. The first-order valence-corrected chi connectivity index (χ1v) is 9.13. The highest BCUT2D eigenvalue weighted by atomic mass is 16.6. The number of tetrazole rings is 1. The van der Waals surface area contributed by atoms with Crippen molar-refractivity contribution in [2.75, 3.05) is 12.4 Å². The molecule has 0 amide bonds. The van der Waals surface area contributed by atoms with Crippen LogP contribution >= 0.6 is 0 Å². The number of esters is 1. The fraction of sp³-hybridized carbons (Fsp3) is 0.150. The molecule has 0 saturated heterocycles. The molecule has 31 heavy (non-hydrogen) atoms. The Balaban J connectivity index is 1.90. The van der Waals surface area contributed by atoms with E-state index in [2.05, 4.69) is 20.8 Å². The van der Waals surface area contributed by atoms with E-state index in [-0.39, 0.29) is 28.5 Å². The number of aromatic nitrogens is 4. The van der Waals surface area contributed by atoms with Gasteiger partial charge in [-0.1, -0.05) is 34.9 Å². The van der Waals surface area contributed by atoms with Crippen molar-refractivity contribution in [3.05, 3.63) is 86.6 Å². The van der Waals surface area contributed by atoms with E-state index < -0.39 is 22.7 Å². The minimum Gasteiger partial charge on any atom is -0.464 e. The number of ketones is 1. The van der Waals surface area contributed by atoms with E-state index in [1.165, 1.54) is 36.1 Å². The normalized spacial score (nSPS) is 15.1. The second-order valence-electron chi connectivity index (χ2n) is 6.80. The number of non-ortho nitro benzene ring substituents is 1. The van der Waals surface area contributed by atoms with Gasteiger partial charge in [0.05, 0.1) is 17.6 Å². The molecule has 1 aliphatic rings. The van der Waals surface area contributed by atoms with Crippen LogP contribution < -0.4 is 5.32 Å². The summed E-state index contributed by atoms with van der Waals surface area (Å²) >= 11 is 0. The molecule has 0 fully saturated rings. The van der Waals surface area contributed by atoms with E-state index in [4.69, 9.17) is 4.74 Å². The number of rotatable bonds is 5. The van der Waals surface area contributed by atoms with Crippen molar-refractivity contribution in [3.63, 3.8) is 0 Å². The zero-order valence-electron chi connectivity index (χ0n) is 16.5. The largest absolute Gasteiger partial charge is 0.464 e. The van der Waals surface area contributed by atoms with Gasteiger partial charge in [0.25, 0.3) is 5.69 Å². The Hall–Kier alpha value is -4.41.